The standard InChI is InChI=1S/C11H23N3O2/c1-9-8-12-4-6-14(9)10(2)11(15)13-5-7-16-3/h9-10,12H,4-8H2,1-3H3,(H,13,15)/t9-,10?/m1/s1. The minimum absolute atomic E-state index is 0.0612. The Morgan fingerprint density at radius 3 is 3.06 bits per heavy atom. The van der Waals surface area contributed by atoms with Crippen LogP contribution in [-0.4, -0.2) is 62.8 Å². The molecule has 0 spiro atoms. The van der Waals surface area contributed by atoms with Crippen LogP contribution in [0.3, 0.4) is 0 Å². The molecule has 0 radical (unpaired) electrons. The predicted octanol–water partition coefficient (Wildman–Crippen LogP) is -0.569. The van der Waals surface area contributed by atoms with Crippen LogP contribution in [0.5, 0.6) is 0 Å². The molecule has 1 amide bonds. The number of carbonyl (C=O) groups excluding carboxylic acids is 1. The van der Waals surface area contributed by atoms with E-state index < -0.39 is 0 Å². The van der Waals surface area contributed by atoms with Crippen molar-refractivity contribution in [3.8, 4) is 0 Å². The van der Waals surface area contributed by atoms with Gasteiger partial charge in [0, 0.05) is 39.3 Å². The van der Waals surface area contributed by atoms with Crippen LogP contribution in [0.1, 0.15) is 13.8 Å². The lowest BCUT2D eigenvalue weighted by atomic mass is 10.1. The van der Waals surface area contributed by atoms with E-state index in [1.807, 2.05) is 6.92 Å². The number of amides is 1. The Balaban J connectivity index is 2.36. The molecule has 1 aliphatic rings. The van der Waals surface area contributed by atoms with Crippen LogP contribution in [0.4, 0.5) is 0 Å². The van der Waals surface area contributed by atoms with Crippen molar-refractivity contribution in [1.29, 1.82) is 0 Å². The fourth-order valence-electron chi connectivity index (χ4n) is 2.01. The van der Waals surface area contributed by atoms with Crippen molar-refractivity contribution in [3.63, 3.8) is 0 Å². The van der Waals surface area contributed by atoms with Crippen LogP contribution in [0, 0.1) is 0 Å². The van der Waals surface area contributed by atoms with Crippen LogP contribution in [0.2, 0.25) is 0 Å². The molecule has 5 heteroatoms. The second kappa shape index (κ2) is 6.83. The third-order valence-electron chi connectivity index (χ3n) is 3.04. The molecule has 1 fully saturated rings. The fourth-order valence-corrected chi connectivity index (χ4v) is 2.01. The van der Waals surface area contributed by atoms with Gasteiger partial charge in [-0.25, -0.2) is 0 Å². The van der Waals surface area contributed by atoms with Crippen molar-refractivity contribution in [3.05, 3.63) is 0 Å². The number of carbonyl (C=O) groups is 1. The number of hydrogen-bond acceptors (Lipinski definition) is 4. The lowest BCUT2D eigenvalue weighted by molar-refractivity contribution is -0.127. The number of piperazine rings is 1. The Labute approximate surface area is 97.5 Å². The first-order valence-corrected chi connectivity index (χ1v) is 5.90. The molecule has 16 heavy (non-hydrogen) atoms. The number of nitrogens with zero attached hydrogens (tertiary/aromatic N) is 1. The third kappa shape index (κ3) is 3.73. The van der Waals surface area contributed by atoms with Crippen LogP contribution in [0.15, 0.2) is 0 Å². The number of hydrogen-bond donors (Lipinski definition) is 2. The molecule has 5 nitrogen and oxygen atoms in total. The Bertz CT molecular complexity index is 223. The van der Waals surface area contributed by atoms with Crippen molar-refractivity contribution >= 4 is 5.91 Å². The largest absolute Gasteiger partial charge is 0.383 e. The maximum Gasteiger partial charge on any atom is 0.237 e. The topological polar surface area (TPSA) is 53.6 Å². The molecule has 0 aliphatic carbocycles. The second-order valence-electron chi connectivity index (χ2n) is 4.25. The molecule has 1 rings (SSSR count). The Hall–Kier alpha value is -0.650. The number of methoxy groups -OCH3 is 1. The first-order chi connectivity index (χ1) is 7.66. The van der Waals surface area contributed by atoms with E-state index in [4.69, 9.17) is 4.74 Å². The van der Waals surface area contributed by atoms with Gasteiger partial charge < -0.3 is 15.4 Å². The zero-order valence-corrected chi connectivity index (χ0v) is 10.5. The molecule has 0 bridgehead atoms. The monoisotopic (exact) mass is 229 g/mol. The van der Waals surface area contributed by atoms with E-state index in [2.05, 4.69) is 22.5 Å². The highest BCUT2D eigenvalue weighted by Crippen LogP contribution is 2.07. The molecule has 2 atom stereocenters. The summed E-state index contributed by atoms with van der Waals surface area (Å²) in [6.07, 6.45) is 0. The first kappa shape index (κ1) is 13.4. The normalized spacial score (nSPS) is 24.1. The Morgan fingerprint density at radius 2 is 2.44 bits per heavy atom. The molecular weight excluding hydrogens is 206 g/mol. The molecule has 1 saturated heterocycles. The van der Waals surface area contributed by atoms with Crippen molar-refractivity contribution in [2.45, 2.75) is 25.9 Å². The van der Waals surface area contributed by atoms with Gasteiger partial charge in [-0.3, -0.25) is 9.69 Å². The zero-order chi connectivity index (χ0) is 12.0. The Morgan fingerprint density at radius 1 is 1.69 bits per heavy atom. The quantitative estimate of drug-likeness (QED) is 0.620. The number of nitrogens with one attached hydrogen (secondary N) is 2. The highest BCUT2D eigenvalue weighted by atomic mass is 16.5. The number of rotatable bonds is 5. The van der Waals surface area contributed by atoms with Crippen molar-refractivity contribution in [2.24, 2.45) is 0 Å². The molecule has 0 aromatic heterocycles. The molecular formula is C11H23N3O2. The summed E-state index contributed by atoms with van der Waals surface area (Å²) in [7, 11) is 1.63. The van der Waals surface area contributed by atoms with E-state index in [0.717, 1.165) is 19.6 Å². The first-order valence-electron chi connectivity index (χ1n) is 5.90. The van der Waals surface area contributed by atoms with Gasteiger partial charge in [-0.05, 0) is 13.8 Å². The molecule has 94 valence electrons. The molecule has 1 heterocycles. The highest BCUT2D eigenvalue weighted by Gasteiger charge is 2.27. The van der Waals surface area contributed by atoms with Gasteiger partial charge in [0.15, 0.2) is 0 Å². The average molecular weight is 229 g/mol. The van der Waals surface area contributed by atoms with E-state index >= 15 is 0 Å². The van der Waals surface area contributed by atoms with Gasteiger partial charge in [0.1, 0.15) is 0 Å². The summed E-state index contributed by atoms with van der Waals surface area (Å²) in [5, 5.41) is 6.19. The zero-order valence-electron chi connectivity index (χ0n) is 10.5. The SMILES string of the molecule is COCCNC(=O)C(C)N1CCNC[C@H]1C. The second-order valence-corrected chi connectivity index (χ2v) is 4.25. The average Bonchev–Trinajstić information content (AvgIpc) is 2.29. The van der Waals surface area contributed by atoms with Crippen molar-refractivity contribution in [1.82, 2.24) is 15.5 Å². The Kier molecular flexibility index (Phi) is 5.73. The minimum atomic E-state index is -0.0612. The van der Waals surface area contributed by atoms with Crippen LogP contribution >= 0.6 is 0 Å². The van der Waals surface area contributed by atoms with E-state index in [0.29, 0.717) is 19.2 Å². The van der Waals surface area contributed by atoms with Gasteiger partial charge in [-0.15, -0.1) is 0 Å². The van der Waals surface area contributed by atoms with Crippen LogP contribution in [-0.2, 0) is 9.53 Å². The van der Waals surface area contributed by atoms with E-state index in [1.165, 1.54) is 0 Å². The molecule has 0 saturated carbocycles. The third-order valence-corrected chi connectivity index (χ3v) is 3.04. The fraction of sp³-hybridized carbons (Fsp3) is 0.909. The summed E-state index contributed by atoms with van der Waals surface area (Å²) in [6, 6.07) is 0.353. The van der Waals surface area contributed by atoms with Gasteiger partial charge in [-0.1, -0.05) is 0 Å². The summed E-state index contributed by atoms with van der Waals surface area (Å²) in [6.45, 7) is 8.10. The smallest absolute Gasteiger partial charge is 0.237 e. The molecule has 1 unspecified atom stereocenters. The minimum Gasteiger partial charge on any atom is -0.383 e. The summed E-state index contributed by atoms with van der Waals surface area (Å²) < 4.78 is 4.90. The summed E-state index contributed by atoms with van der Waals surface area (Å²) >= 11 is 0. The van der Waals surface area contributed by atoms with Gasteiger partial charge >= 0.3 is 0 Å². The predicted molar refractivity (Wildman–Crippen MR) is 63.4 cm³/mol. The summed E-state index contributed by atoms with van der Waals surface area (Å²) in [4.78, 5) is 14.1. The maximum atomic E-state index is 11.8. The number of ether oxygens (including phenoxy) is 1. The van der Waals surface area contributed by atoms with E-state index in [1.54, 1.807) is 7.11 Å². The van der Waals surface area contributed by atoms with Crippen LogP contribution in [0.25, 0.3) is 0 Å². The lowest BCUT2D eigenvalue weighted by Crippen LogP contribution is -2.57. The molecule has 0 aromatic carbocycles. The summed E-state index contributed by atoms with van der Waals surface area (Å²) in [5.41, 5.74) is 0. The summed E-state index contributed by atoms with van der Waals surface area (Å²) in [5.74, 6) is 0.0887. The van der Waals surface area contributed by atoms with Crippen molar-refractivity contribution in [2.75, 3.05) is 39.9 Å². The van der Waals surface area contributed by atoms with Gasteiger partial charge in [-0.2, -0.15) is 0 Å². The van der Waals surface area contributed by atoms with Gasteiger partial charge in [0.05, 0.1) is 12.6 Å². The van der Waals surface area contributed by atoms with Crippen LogP contribution < -0.4 is 10.6 Å². The van der Waals surface area contributed by atoms with Gasteiger partial charge in [0.2, 0.25) is 5.91 Å². The lowest BCUT2D eigenvalue weighted by Gasteiger charge is -2.37. The highest BCUT2D eigenvalue weighted by molar-refractivity contribution is 5.81. The maximum absolute atomic E-state index is 11.8. The van der Waals surface area contributed by atoms with E-state index in [-0.39, 0.29) is 11.9 Å². The van der Waals surface area contributed by atoms with Gasteiger partial charge in [0.25, 0.3) is 0 Å². The van der Waals surface area contributed by atoms with Crippen molar-refractivity contribution < 1.29 is 9.53 Å². The van der Waals surface area contributed by atoms with E-state index in [9.17, 15) is 4.79 Å². The molecule has 0 aromatic rings. The molecule has 1 aliphatic heterocycles. The molecule has 2 N–H and O–H groups in total.